The lowest BCUT2D eigenvalue weighted by Gasteiger charge is -2.31. The first kappa shape index (κ1) is 25.3. The van der Waals surface area contributed by atoms with Crippen LogP contribution in [0, 0.1) is 0 Å². The first-order valence-electron chi connectivity index (χ1n) is 12.3. The van der Waals surface area contributed by atoms with Crippen LogP contribution in [0.4, 0.5) is 0 Å². The zero-order valence-electron chi connectivity index (χ0n) is 20.1. The van der Waals surface area contributed by atoms with Crippen LogP contribution in [0.5, 0.6) is 0 Å². The topological polar surface area (TPSA) is 49.4 Å². The Kier molecular flexibility index (Phi) is 9.37. The number of aryl methyl sites for hydroxylation is 1. The Labute approximate surface area is 203 Å². The van der Waals surface area contributed by atoms with Crippen LogP contribution in [0.1, 0.15) is 81.9 Å². The molecule has 0 aromatic heterocycles. The number of nitrogens with one attached hydrogen (secondary N) is 1. The van der Waals surface area contributed by atoms with Gasteiger partial charge in [-0.3, -0.25) is 9.59 Å². The van der Waals surface area contributed by atoms with Gasteiger partial charge in [0.25, 0.3) is 0 Å². The van der Waals surface area contributed by atoms with Gasteiger partial charge in [-0.05, 0) is 60.9 Å². The molecule has 1 fully saturated rings. The fourth-order valence-corrected chi connectivity index (χ4v) is 4.53. The summed E-state index contributed by atoms with van der Waals surface area (Å²) in [4.78, 5) is 28.1. The molecule has 1 aliphatic carbocycles. The summed E-state index contributed by atoms with van der Waals surface area (Å²) >= 11 is 6.04. The van der Waals surface area contributed by atoms with Crippen molar-refractivity contribution in [3.63, 3.8) is 0 Å². The second-order valence-electron chi connectivity index (χ2n) is 9.56. The van der Waals surface area contributed by atoms with E-state index in [1.54, 1.807) is 4.90 Å². The van der Waals surface area contributed by atoms with Gasteiger partial charge in [-0.15, -0.1) is 0 Å². The molecule has 1 aliphatic rings. The second kappa shape index (κ2) is 12.2. The Morgan fingerprint density at radius 3 is 2.15 bits per heavy atom. The van der Waals surface area contributed by atoms with Crippen molar-refractivity contribution in [1.82, 2.24) is 10.2 Å². The summed E-state index contributed by atoms with van der Waals surface area (Å²) in [6.45, 7) is 6.57. The molecule has 1 atom stereocenters. The van der Waals surface area contributed by atoms with Crippen LogP contribution in [-0.4, -0.2) is 28.8 Å². The summed E-state index contributed by atoms with van der Waals surface area (Å²) in [5.74, 6) is 0.411. The molecule has 1 saturated carbocycles. The Hall–Kier alpha value is -2.33. The third-order valence-electron chi connectivity index (χ3n) is 6.66. The maximum absolute atomic E-state index is 13.3. The molecule has 0 heterocycles. The number of benzene rings is 2. The van der Waals surface area contributed by atoms with Crippen LogP contribution in [0.15, 0.2) is 48.5 Å². The van der Waals surface area contributed by atoms with E-state index in [1.165, 1.54) is 12.0 Å². The highest BCUT2D eigenvalue weighted by molar-refractivity contribution is 6.30. The van der Waals surface area contributed by atoms with Gasteiger partial charge in [0.15, 0.2) is 0 Å². The first-order valence-corrected chi connectivity index (χ1v) is 12.6. The standard InChI is InChI=1S/C28H37ClN2O2/c1-20(2)24-14-9-22(10-15-24)13-18-27(32)31(19-23-11-16-25(29)17-12-23)21(3)28(33)30-26-7-5-4-6-8-26/h9-12,14-17,20-21,26H,4-8,13,18-19H2,1-3H3,(H,30,33)/t21-/m1/s1. The van der Waals surface area contributed by atoms with E-state index >= 15 is 0 Å². The molecule has 33 heavy (non-hydrogen) atoms. The second-order valence-corrected chi connectivity index (χ2v) is 10.0. The Morgan fingerprint density at radius 2 is 1.55 bits per heavy atom. The highest BCUT2D eigenvalue weighted by Crippen LogP contribution is 2.20. The maximum Gasteiger partial charge on any atom is 0.242 e. The van der Waals surface area contributed by atoms with Crippen LogP contribution >= 0.6 is 11.6 Å². The average Bonchev–Trinajstić information content (AvgIpc) is 2.82. The molecule has 2 aromatic carbocycles. The fourth-order valence-electron chi connectivity index (χ4n) is 4.40. The Balaban J connectivity index is 1.68. The fraction of sp³-hybridized carbons (Fsp3) is 0.500. The van der Waals surface area contributed by atoms with Gasteiger partial charge < -0.3 is 10.2 Å². The minimum Gasteiger partial charge on any atom is -0.352 e. The van der Waals surface area contributed by atoms with Gasteiger partial charge in [0, 0.05) is 24.0 Å². The molecule has 0 bridgehead atoms. The van der Waals surface area contributed by atoms with E-state index < -0.39 is 6.04 Å². The lowest BCUT2D eigenvalue weighted by Crippen LogP contribution is -2.50. The third-order valence-corrected chi connectivity index (χ3v) is 6.91. The lowest BCUT2D eigenvalue weighted by atomic mass is 9.95. The van der Waals surface area contributed by atoms with Crippen LogP contribution < -0.4 is 5.32 Å². The van der Waals surface area contributed by atoms with Crippen LogP contribution in [0.2, 0.25) is 5.02 Å². The van der Waals surface area contributed by atoms with Crippen LogP contribution in [0.3, 0.4) is 0 Å². The number of halogens is 1. The van der Waals surface area contributed by atoms with E-state index in [-0.39, 0.29) is 17.9 Å². The Bertz CT molecular complexity index is 902. The van der Waals surface area contributed by atoms with E-state index in [2.05, 4.69) is 43.4 Å². The summed E-state index contributed by atoms with van der Waals surface area (Å²) in [7, 11) is 0. The predicted molar refractivity (Wildman–Crippen MR) is 135 cm³/mol. The summed E-state index contributed by atoms with van der Waals surface area (Å²) in [6.07, 6.45) is 6.62. The maximum atomic E-state index is 13.3. The number of carbonyl (C=O) groups is 2. The highest BCUT2D eigenvalue weighted by Gasteiger charge is 2.28. The van der Waals surface area contributed by atoms with Gasteiger partial charge in [0.2, 0.25) is 11.8 Å². The highest BCUT2D eigenvalue weighted by atomic mass is 35.5. The van der Waals surface area contributed by atoms with Crippen molar-refractivity contribution in [2.45, 2.75) is 90.3 Å². The molecule has 2 aromatic rings. The largest absolute Gasteiger partial charge is 0.352 e. The van der Waals surface area contributed by atoms with Crippen molar-refractivity contribution in [1.29, 1.82) is 0 Å². The van der Waals surface area contributed by atoms with Gasteiger partial charge in [-0.1, -0.05) is 81.1 Å². The molecule has 5 heteroatoms. The third kappa shape index (κ3) is 7.60. The average molecular weight is 469 g/mol. The zero-order valence-corrected chi connectivity index (χ0v) is 20.9. The van der Waals surface area contributed by atoms with Gasteiger partial charge in [-0.2, -0.15) is 0 Å². The number of hydrogen-bond donors (Lipinski definition) is 1. The van der Waals surface area contributed by atoms with Crippen molar-refractivity contribution < 1.29 is 9.59 Å². The molecule has 0 saturated heterocycles. The van der Waals surface area contributed by atoms with Gasteiger partial charge in [-0.25, -0.2) is 0 Å². The van der Waals surface area contributed by atoms with Crippen molar-refractivity contribution in [2.24, 2.45) is 0 Å². The van der Waals surface area contributed by atoms with Gasteiger partial charge in [0.05, 0.1) is 0 Å². The smallest absolute Gasteiger partial charge is 0.242 e. The number of rotatable bonds is 9. The number of amides is 2. The molecule has 0 aliphatic heterocycles. The number of carbonyl (C=O) groups excluding carboxylic acids is 2. The molecule has 0 radical (unpaired) electrons. The van der Waals surface area contributed by atoms with Crippen molar-refractivity contribution in [2.75, 3.05) is 0 Å². The van der Waals surface area contributed by atoms with Crippen molar-refractivity contribution >= 4 is 23.4 Å². The monoisotopic (exact) mass is 468 g/mol. The number of hydrogen-bond acceptors (Lipinski definition) is 2. The van der Waals surface area contributed by atoms with Gasteiger partial charge >= 0.3 is 0 Å². The molecule has 2 amide bonds. The molecule has 0 spiro atoms. The number of nitrogens with zero attached hydrogens (tertiary/aromatic N) is 1. The van der Waals surface area contributed by atoms with Crippen molar-refractivity contribution in [3.8, 4) is 0 Å². The molecule has 0 unspecified atom stereocenters. The van der Waals surface area contributed by atoms with E-state index in [4.69, 9.17) is 11.6 Å². The minimum atomic E-state index is -0.529. The minimum absolute atomic E-state index is 0.0100. The Morgan fingerprint density at radius 1 is 0.939 bits per heavy atom. The predicted octanol–water partition coefficient (Wildman–Crippen LogP) is 6.26. The molecule has 3 rings (SSSR count). The normalized spacial score (nSPS) is 15.3. The summed E-state index contributed by atoms with van der Waals surface area (Å²) in [5, 5.41) is 3.84. The SMILES string of the molecule is CC(C)c1ccc(CCC(=O)N(Cc2ccc(Cl)cc2)[C@H](C)C(=O)NC2CCCCC2)cc1. The van der Waals surface area contributed by atoms with Crippen LogP contribution in [-0.2, 0) is 22.6 Å². The molecular formula is C28H37ClN2O2. The van der Waals surface area contributed by atoms with Gasteiger partial charge in [0.1, 0.15) is 6.04 Å². The molecule has 4 nitrogen and oxygen atoms in total. The molecule has 1 N–H and O–H groups in total. The molecule has 178 valence electrons. The quantitative estimate of drug-likeness (QED) is 0.472. The van der Waals surface area contributed by atoms with E-state index in [1.807, 2.05) is 31.2 Å². The molecular weight excluding hydrogens is 432 g/mol. The first-order chi connectivity index (χ1) is 15.8. The van der Waals surface area contributed by atoms with E-state index in [0.29, 0.717) is 30.3 Å². The van der Waals surface area contributed by atoms with Crippen molar-refractivity contribution in [3.05, 3.63) is 70.2 Å². The zero-order chi connectivity index (χ0) is 23.8. The van der Waals surface area contributed by atoms with E-state index in [9.17, 15) is 9.59 Å². The summed E-state index contributed by atoms with van der Waals surface area (Å²) in [5.41, 5.74) is 3.40. The lowest BCUT2D eigenvalue weighted by molar-refractivity contribution is -0.141. The van der Waals surface area contributed by atoms with E-state index in [0.717, 1.165) is 36.8 Å². The van der Waals surface area contributed by atoms with Crippen LogP contribution in [0.25, 0.3) is 0 Å². The summed E-state index contributed by atoms with van der Waals surface area (Å²) in [6, 6.07) is 15.6. The summed E-state index contributed by atoms with van der Waals surface area (Å²) < 4.78 is 0.